The number of fused-ring (bicyclic) bond motifs is 2. The van der Waals surface area contributed by atoms with Crippen LogP contribution in [-0.2, 0) is 26.5 Å². The number of methoxy groups -OCH3 is 3. The summed E-state index contributed by atoms with van der Waals surface area (Å²) in [7, 11) is 4.63. The van der Waals surface area contributed by atoms with Gasteiger partial charge in [0.25, 0.3) is 0 Å². The molecule has 1 N–H and O–H groups in total. The van der Waals surface area contributed by atoms with Crippen LogP contribution in [0, 0.1) is 0 Å². The van der Waals surface area contributed by atoms with Gasteiger partial charge in [-0.15, -0.1) is 0 Å². The quantitative estimate of drug-likeness (QED) is 0.109. The summed E-state index contributed by atoms with van der Waals surface area (Å²) in [5.74, 6) is 0.830. The normalized spacial score (nSPS) is 13.1. The number of nitrogens with one attached hydrogen (secondary N) is 1. The van der Waals surface area contributed by atoms with E-state index >= 15 is 0 Å². The molecule has 0 saturated carbocycles. The first-order valence-electron chi connectivity index (χ1n) is 14.9. The van der Waals surface area contributed by atoms with E-state index in [0.717, 1.165) is 48.6 Å². The molecule has 232 valence electrons. The molecule has 0 radical (unpaired) electrons. The molecule has 6 aromatic rings. The van der Waals surface area contributed by atoms with Gasteiger partial charge < -0.3 is 24.3 Å². The molecule has 0 bridgehead atoms. The molecule has 6 rings (SSSR count). The van der Waals surface area contributed by atoms with E-state index in [1.54, 1.807) is 14.2 Å². The zero-order valence-electron chi connectivity index (χ0n) is 25.8. The molecule has 0 aliphatic rings. The Labute approximate surface area is 277 Å². The second-order valence-electron chi connectivity index (χ2n) is 10.9. The van der Waals surface area contributed by atoms with Gasteiger partial charge in [0.1, 0.15) is 11.5 Å². The lowest BCUT2D eigenvalue weighted by Gasteiger charge is -2.40. The highest BCUT2D eigenvalue weighted by atomic mass is 79.9. The van der Waals surface area contributed by atoms with Crippen molar-refractivity contribution >= 4 is 49.1 Å². The van der Waals surface area contributed by atoms with E-state index in [2.05, 4.69) is 51.6 Å². The van der Waals surface area contributed by atoms with Crippen LogP contribution in [0.25, 0.3) is 21.5 Å². The average Bonchev–Trinajstić information content (AvgIpc) is 3.11. The van der Waals surface area contributed by atoms with Gasteiger partial charge in [-0.25, -0.2) is 4.79 Å². The molecule has 0 saturated heterocycles. The maximum Gasteiger partial charge on any atom is 0.345 e. The lowest BCUT2D eigenvalue weighted by atomic mass is 9.81. The minimum absolute atomic E-state index is 0.123. The first kappa shape index (κ1) is 31.1. The lowest BCUT2D eigenvalue weighted by molar-refractivity contribution is -0.177. The van der Waals surface area contributed by atoms with Crippen LogP contribution in [0.5, 0.6) is 11.5 Å². The number of hydrogen-bond acceptors (Lipinski definition) is 6. The van der Waals surface area contributed by atoms with Crippen LogP contribution >= 0.6 is 15.9 Å². The van der Waals surface area contributed by atoms with Crippen molar-refractivity contribution in [2.24, 2.45) is 0 Å². The summed E-state index contributed by atoms with van der Waals surface area (Å²) in [6.07, 6.45) is 0. The highest BCUT2D eigenvalue weighted by molar-refractivity contribution is 9.10. The maximum absolute atomic E-state index is 14.5. The highest BCUT2D eigenvalue weighted by Crippen LogP contribution is 2.45. The smallest absolute Gasteiger partial charge is 0.345 e. The van der Waals surface area contributed by atoms with Gasteiger partial charge in [-0.1, -0.05) is 88.7 Å². The molecule has 0 aliphatic carbocycles. The fourth-order valence-corrected chi connectivity index (χ4v) is 6.44. The van der Waals surface area contributed by atoms with Gasteiger partial charge >= 0.3 is 5.97 Å². The standard InChI is InChI=1S/C39H34BrNO5/c1-43-32-19-15-29(16-20-32)39(38(42)45-3,37(28-11-8-12-30(40)24-28)41-31-17-21-33(44-2)22-18-31)46-25-36-34-13-6-4-9-26(34)23-27-10-5-7-14-35(27)36/h4-24,37,41H,25H2,1-3H3/t37-,39-/m0/s1. The largest absolute Gasteiger partial charge is 0.497 e. The predicted molar refractivity (Wildman–Crippen MR) is 186 cm³/mol. The predicted octanol–water partition coefficient (Wildman–Crippen LogP) is 9.21. The summed E-state index contributed by atoms with van der Waals surface area (Å²) in [5, 5.41) is 7.92. The van der Waals surface area contributed by atoms with Crippen LogP contribution in [0.3, 0.4) is 0 Å². The third-order valence-corrected chi connectivity index (χ3v) is 8.82. The molecule has 0 aliphatic heterocycles. The van der Waals surface area contributed by atoms with E-state index in [1.807, 2.05) is 97.1 Å². The topological polar surface area (TPSA) is 66.0 Å². The molecular formula is C39H34BrNO5. The fraction of sp³-hybridized carbons (Fsp3) is 0.154. The number of esters is 1. The van der Waals surface area contributed by atoms with E-state index in [1.165, 1.54) is 7.11 Å². The summed E-state index contributed by atoms with van der Waals surface area (Å²) in [6, 6.07) is 40.7. The first-order valence-corrected chi connectivity index (χ1v) is 15.7. The summed E-state index contributed by atoms with van der Waals surface area (Å²) in [5.41, 5.74) is 1.52. The van der Waals surface area contributed by atoms with E-state index < -0.39 is 17.6 Å². The number of hydrogen-bond donors (Lipinski definition) is 1. The Morgan fingerprint density at radius 1 is 0.717 bits per heavy atom. The number of benzene rings is 6. The average molecular weight is 677 g/mol. The minimum Gasteiger partial charge on any atom is -0.497 e. The molecule has 2 atom stereocenters. The summed E-state index contributed by atoms with van der Waals surface area (Å²) in [6.45, 7) is 0.123. The molecule has 0 unspecified atom stereocenters. The van der Waals surface area contributed by atoms with Crippen molar-refractivity contribution in [3.05, 3.63) is 149 Å². The first-order chi connectivity index (χ1) is 22.5. The van der Waals surface area contributed by atoms with Crippen LogP contribution in [0.1, 0.15) is 22.7 Å². The van der Waals surface area contributed by atoms with Gasteiger partial charge in [0, 0.05) is 10.2 Å². The SMILES string of the molecule is COC(=O)[C@](OCc1c2ccccc2cc2ccccc12)(c1ccc(OC)cc1)[C@@H](Nc1ccc(OC)cc1)c1cccc(Br)c1. The highest BCUT2D eigenvalue weighted by Gasteiger charge is 2.51. The number of ether oxygens (including phenoxy) is 4. The van der Waals surface area contributed by atoms with Crippen LogP contribution in [0.4, 0.5) is 5.69 Å². The van der Waals surface area contributed by atoms with Gasteiger partial charge in [0.15, 0.2) is 0 Å². The summed E-state index contributed by atoms with van der Waals surface area (Å²) >= 11 is 3.64. The zero-order valence-corrected chi connectivity index (χ0v) is 27.4. The molecule has 6 nitrogen and oxygen atoms in total. The number of halogens is 1. The number of carbonyl (C=O) groups excluding carboxylic acids is 1. The minimum atomic E-state index is -1.65. The zero-order chi connectivity index (χ0) is 32.1. The van der Waals surface area contributed by atoms with Crippen molar-refractivity contribution in [3.63, 3.8) is 0 Å². The Morgan fingerprint density at radius 2 is 1.30 bits per heavy atom. The molecule has 0 spiro atoms. The molecule has 6 aromatic carbocycles. The van der Waals surface area contributed by atoms with Crippen molar-refractivity contribution < 1.29 is 23.7 Å². The van der Waals surface area contributed by atoms with Crippen molar-refractivity contribution in [3.8, 4) is 11.5 Å². The van der Waals surface area contributed by atoms with E-state index in [-0.39, 0.29) is 6.61 Å². The van der Waals surface area contributed by atoms with Gasteiger partial charge in [-0.05, 0) is 92.8 Å². The molecule has 0 amide bonds. The maximum atomic E-state index is 14.5. The van der Waals surface area contributed by atoms with E-state index in [9.17, 15) is 4.79 Å². The van der Waals surface area contributed by atoms with Crippen LogP contribution in [0.15, 0.2) is 132 Å². The van der Waals surface area contributed by atoms with Gasteiger partial charge in [-0.2, -0.15) is 0 Å². The monoisotopic (exact) mass is 675 g/mol. The fourth-order valence-electron chi connectivity index (χ4n) is 6.03. The third-order valence-electron chi connectivity index (χ3n) is 8.32. The summed E-state index contributed by atoms with van der Waals surface area (Å²) < 4.78 is 24.5. The Bertz CT molecular complexity index is 1920. The second-order valence-corrected chi connectivity index (χ2v) is 11.8. The Kier molecular flexibility index (Phi) is 9.24. The molecule has 0 fully saturated rings. The molecule has 0 aromatic heterocycles. The Hall–Kier alpha value is -4.85. The van der Waals surface area contributed by atoms with Crippen LogP contribution < -0.4 is 14.8 Å². The van der Waals surface area contributed by atoms with Gasteiger partial charge in [0.05, 0.1) is 34.0 Å². The van der Waals surface area contributed by atoms with Crippen LogP contribution in [0.2, 0.25) is 0 Å². The third kappa shape index (κ3) is 6.04. The summed E-state index contributed by atoms with van der Waals surface area (Å²) in [4.78, 5) is 14.5. The van der Waals surface area contributed by atoms with Gasteiger partial charge in [-0.3, -0.25) is 0 Å². The van der Waals surface area contributed by atoms with Crippen LogP contribution in [-0.4, -0.2) is 27.3 Å². The number of carbonyl (C=O) groups is 1. The van der Waals surface area contributed by atoms with Gasteiger partial charge in [0.2, 0.25) is 5.60 Å². The van der Waals surface area contributed by atoms with Crippen molar-refractivity contribution in [2.45, 2.75) is 18.2 Å². The van der Waals surface area contributed by atoms with Crippen molar-refractivity contribution in [1.82, 2.24) is 0 Å². The molecule has 0 heterocycles. The van der Waals surface area contributed by atoms with E-state index in [4.69, 9.17) is 18.9 Å². The van der Waals surface area contributed by atoms with Crippen molar-refractivity contribution in [2.75, 3.05) is 26.6 Å². The molecular weight excluding hydrogens is 642 g/mol. The van der Waals surface area contributed by atoms with E-state index in [0.29, 0.717) is 11.3 Å². The molecule has 46 heavy (non-hydrogen) atoms. The number of rotatable bonds is 11. The Balaban J connectivity index is 1.58. The Morgan fingerprint density at radius 3 is 1.87 bits per heavy atom. The number of anilines is 1. The lowest BCUT2D eigenvalue weighted by Crippen LogP contribution is -2.48. The van der Waals surface area contributed by atoms with Crippen molar-refractivity contribution in [1.29, 1.82) is 0 Å². The molecule has 7 heteroatoms. The second kappa shape index (κ2) is 13.6.